The molecule has 0 atom stereocenters. The van der Waals surface area contributed by atoms with Crippen LogP contribution in [0, 0.1) is 9.39 Å². The number of halogens is 2. The van der Waals surface area contributed by atoms with Crippen LogP contribution in [-0.4, -0.2) is 16.5 Å². The number of benzene rings is 1. The van der Waals surface area contributed by atoms with Gasteiger partial charge in [0.15, 0.2) is 0 Å². The molecule has 0 spiro atoms. The molecule has 0 saturated heterocycles. The van der Waals surface area contributed by atoms with Gasteiger partial charge in [-0.25, -0.2) is 4.98 Å². The first-order valence-corrected chi connectivity index (χ1v) is 6.46. The third kappa shape index (κ3) is 3.28. The number of anilines is 1. The number of hydrogen-bond donors (Lipinski definition) is 1. The van der Waals surface area contributed by atoms with Gasteiger partial charge in [-0.3, -0.25) is 0 Å². The normalized spacial score (nSPS) is 10.2. The maximum atomic E-state index is 13.5. The summed E-state index contributed by atoms with van der Waals surface area (Å²) in [5.74, 6) is 0.215. The largest absolute Gasteiger partial charge is 0.436 e. The van der Waals surface area contributed by atoms with Crippen LogP contribution in [0.4, 0.5) is 10.3 Å². The number of hydrogen-bond acceptors (Lipinski definition) is 4. The fraction of sp³-hybridized carbons (Fsp3) is 0.167. The van der Waals surface area contributed by atoms with Crippen LogP contribution < -0.4 is 10.1 Å². The van der Waals surface area contributed by atoms with Crippen LogP contribution in [0.2, 0.25) is 0 Å². The van der Waals surface area contributed by atoms with Gasteiger partial charge in [0.25, 0.3) is 5.88 Å². The number of nitrogens with zero attached hydrogens (tertiary/aromatic N) is 2. The zero-order valence-corrected chi connectivity index (χ0v) is 11.8. The van der Waals surface area contributed by atoms with Crippen LogP contribution in [0.3, 0.4) is 0 Å². The van der Waals surface area contributed by atoms with Crippen molar-refractivity contribution in [2.24, 2.45) is 0 Å². The molecule has 2 rings (SSSR count). The summed E-state index contributed by atoms with van der Waals surface area (Å²) in [5.41, 5.74) is 0. The quantitative estimate of drug-likeness (QED) is 0.850. The minimum atomic E-state index is -0.588. The second-order valence-electron chi connectivity index (χ2n) is 3.43. The van der Waals surface area contributed by atoms with E-state index >= 15 is 0 Å². The molecule has 1 heterocycles. The van der Waals surface area contributed by atoms with Crippen molar-refractivity contribution in [2.75, 3.05) is 11.9 Å². The molecule has 1 aromatic heterocycles. The number of aromatic nitrogens is 2. The van der Waals surface area contributed by atoms with E-state index in [0.717, 1.165) is 9.77 Å². The molecule has 0 amide bonds. The summed E-state index contributed by atoms with van der Waals surface area (Å²) in [6.45, 7) is 2.57. The molecule has 0 unspecified atom stereocenters. The van der Waals surface area contributed by atoms with Gasteiger partial charge in [0.1, 0.15) is 5.75 Å². The first-order valence-electron chi connectivity index (χ1n) is 5.39. The molecule has 0 saturated carbocycles. The van der Waals surface area contributed by atoms with Gasteiger partial charge in [-0.15, -0.1) is 0 Å². The lowest BCUT2D eigenvalue weighted by Crippen LogP contribution is -2.04. The van der Waals surface area contributed by atoms with E-state index in [1.54, 1.807) is 12.1 Å². The van der Waals surface area contributed by atoms with Crippen molar-refractivity contribution >= 4 is 28.5 Å². The predicted molar refractivity (Wildman–Crippen MR) is 75.4 cm³/mol. The molecule has 0 aliphatic heterocycles. The topological polar surface area (TPSA) is 47.0 Å². The molecule has 4 nitrogen and oxygen atoms in total. The van der Waals surface area contributed by atoms with Gasteiger partial charge in [-0.1, -0.05) is 0 Å². The first-order chi connectivity index (χ1) is 8.69. The molecule has 0 fully saturated rings. The molecule has 0 aliphatic carbocycles. The van der Waals surface area contributed by atoms with Crippen LogP contribution in [0.25, 0.3) is 0 Å². The van der Waals surface area contributed by atoms with Crippen LogP contribution in [-0.2, 0) is 0 Å². The molecule has 6 heteroatoms. The Balaban J connectivity index is 2.22. The molecule has 94 valence electrons. The van der Waals surface area contributed by atoms with Gasteiger partial charge in [0.2, 0.25) is 11.8 Å². The minimum absolute atomic E-state index is 0.0813. The monoisotopic (exact) mass is 359 g/mol. The fourth-order valence-electron chi connectivity index (χ4n) is 1.28. The second kappa shape index (κ2) is 5.94. The van der Waals surface area contributed by atoms with E-state index in [0.29, 0.717) is 18.2 Å². The highest BCUT2D eigenvalue weighted by Crippen LogP contribution is 2.23. The molecule has 2 aromatic rings. The Morgan fingerprint density at radius 3 is 2.72 bits per heavy atom. The van der Waals surface area contributed by atoms with Crippen molar-refractivity contribution in [1.82, 2.24) is 9.97 Å². The summed E-state index contributed by atoms with van der Waals surface area (Å²) < 4.78 is 20.0. The molecule has 0 radical (unpaired) electrons. The second-order valence-corrected chi connectivity index (χ2v) is 4.68. The van der Waals surface area contributed by atoms with E-state index in [4.69, 9.17) is 4.74 Å². The lowest BCUT2D eigenvalue weighted by Gasteiger charge is -2.07. The van der Waals surface area contributed by atoms with Gasteiger partial charge in [-0.2, -0.15) is 9.37 Å². The van der Waals surface area contributed by atoms with Crippen LogP contribution in [0.1, 0.15) is 6.92 Å². The van der Waals surface area contributed by atoms with Crippen LogP contribution in [0.15, 0.2) is 30.5 Å². The molecule has 18 heavy (non-hydrogen) atoms. The highest BCUT2D eigenvalue weighted by molar-refractivity contribution is 14.1. The van der Waals surface area contributed by atoms with E-state index in [-0.39, 0.29) is 5.88 Å². The average molecular weight is 359 g/mol. The van der Waals surface area contributed by atoms with Gasteiger partial charge in [-0.05, 0) is 53.8 Å². The number of rotatable bonds is 4. The Labute approximate surface area is 118 Å². The fourth-order valence-corrected chi connectivity index (χ4v) is 1.64. The molecule has 1 N–H and O–H groups in total. The zero-order valence-electron chi connectivity index (χ0n) is 9.65. The van der Waals surface area contributed by atoms with Crippen molar-refractivity contribution in [1.29, 1.82) is 0 Å². The predicted octanol–water partition coefficient (Wildman–Crippen LogP) is 3.44. The average Bonchev–Trinajstić information content (AvgIpc) is 2.36. The van der Waals surface area contributed by atoms with Gasteiger partial charge < -0.3 is 10.1 Å². The Kier molecular flexibility index (Phi) is 4.29. The number of nitrogens with one attached hydrogen (secondary N) is 1. The summed E-state index contributed by atoms with van der Waals surface area (Å²) >= 11 is 2.19. The van der Waals surface area contributed by atoms with E-state index in [1.165, 1.54) is 0 Å². The smallest absolute Gasteiger partial charge is 0.260 e. The summed E-state index contributed by atoms with van der Waals surface area (Å²) in [4.78, 5) is 7.76. The third-order valence-corrected chi connectivity index (χ3v) is 2.79. The summed E-state index contributed by atoms with van der Waals surface area (Å²) in [7, 11) is 0. The van der Waals surface area contributed by atoms with Crippen molar-refractivity contribution < 1.29 is 9.13 Å². The van der Waals surface area contributed by atoms with Gasteiger partial charge >= 0.3 is 0 Å². The Bertz CT molecular complexity index is 533. The third-order valence-electron chi connectivity index (χ3n) is 2.07. The minimum Gasteiger partial charge on any atom is -0.436 e. The van der Waals surface area contributed by atoms with Crippen molar-refractivity contribution in [3.8, 4) is 11.6 Å². The standard InChI is InChI=1S/C12H11FIN3O/c1-2-15-12-16-7-10(13)11(17-12)18-9-5-3-8(14)4-6-9/h3-7H,2H2,1H3,(H,15,16,17). The molecule has 0 aliphatic rings. The summed E-state index contributed by atoms with van der Waals surface area (Å²) in [5, 5.41) is 2.90. The maximum absolute atomic E-state index is 13.5. The Hall–Kier alpha value is -1.44. The van der Waals surface area contributed by atoms with Gasteiger partial charge in [0, 0.05) is 10.1 Å². The highest BCUT2D eigenvalue weighted by atomic mass is 127. The Morgan fingerprint density at radius 2 is 2.06 bits per heavy atom. The van der Waals surface area contributed by atoms with Crippen molar-refractivity contribution in [3.63, 3.8) is 0 Å². The lowest BCUT2D eigenvalue weighted by molar-refractivity contribution is 0.420. The SMILES string of the molecule is CCNc1ncc(F)c(Oc2ccc(I)cc2)n1. The van der Waals surface area contributed by atoms with Gasteiger partial charge in [0.05, 0.1) is 6.20 Å². The van der Waals surface area contributed by atoms with E-state index in [2.05, 4.69) is 37.9 Å². The molecular weight excluding hydrogens is 348 g/mol. The van der Waals surface area contributed by atoms with Crippen molar-refractivity contribution in [2.45, 2.75) is 6.92 Å². The maximum Gasteiger partial charge on any atom is 0.260 e. The van der Waals surface area contributed by atoms with E-state index in [9.17, 15) is 4.39 Å². The molecule has 1 aromatic carbocycles. The first kappa shape index (κ1) is 13.0. The Morgan fingerprint density at radius 1 is 1.33 bits per heavy atom. The van der Waals surface area contributed by atoms with Crippen molar-refractivity contribution in [3.05, 3.63) is 39.8 Å². The summed E-state index contributed by atoms with van der Waals surface area (Å²) in [6.07, 6.45) is 1.09. The number of ether oxygens (including phenoxy) is 1. The molecular formula is C12H11FIN3O. The van der Waals surface area contributed by atoms with Crippen LogP contribution >= 0.6 is 22.6 Å². The lowest BCUT2D eigenvalue weighted by atomic mass is 10.3. The van der Waals surface area contributed by atoms with Crippen LogP contribution in [0.5, 0.6) is 11.6 Å². The highest BCUT2D eigenvalue weighted by Gasteiger charge is 2.09. The zero-order chi connectivity index (χ0) is 13.0. The summed E-state index contributed by atoms with van der Waals surface area (Å²) in [6, 6.07) is 7.27. The van der Waals surface area contributed by atoms with E-state index in [1.807, 2.05) is 19.1 Å². The van der Waals surface area contributed by atoms with E-state index < -0.39 is 5.82 Å². The molecule has 0 bridgehead atoms.